The van der Waals surface area contributed by atoms with Gasteiger partial charge in [-0.05, 0) is 24.5 Å². The minimum atomic E-state index is -1.09. The molecule has 0 amide bonds. The van der Waals surface area contributed by atoms with Crippen molar-refractivity contribution < 1.29 is 14.3 Å². The van der Waals surface area contributed by atoms with Crippen molar-refractivity contribution in [2.75, 3.05) is 6.61 Å². The van der Waals surface area contributed by atoms with Crippen molar-refractivity contribution in [3.8, 4) is 6.07 Å². The molecule has 0 fully saturated rings. The monoisotopic (exact) mass is 245 g/mol. The molecule has 0 aromatic heterocycles. The van der Waals surface area contributed by atoms with Gasteiger partial charge >= 0.3 is 5.97 Å². The number of ketones is 1. The van der Waals surface area contributed by atoms with Crippen LogP contribution in [-0.2, 0) is 20.7 Å². The van der Waals surface area contributed by atoms with E-state index in [0.717, 1.165) is 12.0 Å². The molecule has 4 heteroatoms. The quantitative estimate of drug-likeness (QED) is 0.587. The minimum absolute atomic E-state index is 0.123. The first-order chi connectivity index (χ1) is 8.63. The lowest BCUT2D eigenvalue weighted by Crippen LogP contribution is -2.23. The second-order valence-electron chi connectivity index (χ2n) is 3.74. The first-order valence-electron chi connectivity index (χ1n) is 5.83. The number of carbonyl (C=O) groups excluding carboxylic acids is 2. The predicted molar refractivity (Wildman–Crippen MR) is 65.8 cm³/mol. The molecule has 0 saturated heterocycles. The van der Waals surface area contributed by atoms with E-state index in [1.165, 1.54) is 0 Å². The molecular formula is C14H15NO3. The Labute approximate surface area is 106 Å². The van der Waals surface area contributed by atoms with Gasteiger partial charge in [-0.2, -0.15) is 5.26 Å². The lowest BCUT2D eigenvalue weighted by molar-refractivity contribution is -0.153. The first-order valence-corrected chi connectivity index (χ1v) is 5.83. The molecule has 1 aromatic rings. The molecule has 0 aliphatic rings. The van der Waals surface area contributed by atoms with Gasteiger partial charge in [-0.15, -0.1) is 0 Å². The smallest absolute Gasteiger partial charge is 0.376 e. The molecule has 1 rings (SSSR count). The van der Waals surface area contributed by atoms with E-state index >= 15 is 0 Å². The molecule has 18 heavy (non-hydrogen) atoms. The zero-order chi connectivity index (χ0) is 13.5. The van der Waals surface area contributed by atoms with Crippen LogP contribution < -0.4 is 0 Å². The van der Waals surface area contributed by atoms with Crippen molar-refractivity contribution in [3.63, 3.8) is 0 Å². The highest BCUT2D eigenvalue weighted by atomic mass is 16.5. The van der Waals surface area contributed by atoms with Crippen LogP contribution >= 0.6 is 0 Å². The summed E-state index contributed by atoms with van der Waals surface area (Å²) in [6.45, 7) is 3.75. The van der Waals surface area contributed by atoms with Crippen LogP contribution in [0.2, 0.25) is 0 Å². The van der Waals surface area contributed by atoms with E-state index in [4.69, 9.17) is 5.26 Å². The van der Waals surface area contributed by atoms with Crippen molar-refractivity contribution in [2.45, 2.75) is 26.2 Å². The lowest BCUT2D eigenvalue weighted by Gasteiger charge is -2.08. The fraction of sp³-hybridized carbons (Fsp3) is 0.357. The van der Waals surface area contributed by atoms with E-state index in [0.29, 0.717) is 5.56 Å². The van der Waals surface area contributed by atoms with Gasteiger partial charge < -0.3 is 4.74 Å². The Morgan fingerprint density at radius 3 is 2.33 bits per heavy atom. The van der Waals surface area contributed by atoms with Gasteiger partial charge in [-0.1, -0.05) is 31.2 Å². The molecule has 0 N–H and O–H groups in total. The van der Waals surface area contributed by atoms with Crippen molar-refractivity contribution in [1.82, 2.24) is 0 Å². The number of rotatable bonds is 5. The SMILES string of the molecule is CCOC(=O)C(=O)C(C#N)c1ccc(CC)cc1. The van der Waals surface area contributed by atoms with Crippen LogP contribution in [-0.4, -0.2) is 18.4 Å². The number of hydrogen-bond donors (Lipinski definition) is 0. The Balaban J connectivity index is 2.92. The Hall–Kier alpha value is -2.15. The van der Waals surface area contributed by atoms with Gasteiger partial charge in [0.15, 0.2) is 0 Å². The average molecular weight is 245 g/mol. The second-order valence-corrected chi connectivity index (χ2v) is 3.74. The van der Waals surface area contributed by atoms with Crippen LogP contribution in [0.15, 0.2) is 24.3 Å². The fourth-order valence-corrected chi connectivity index (χ4v) is 1.55. The average Bonchev–Trinajstić information content (AvgIpc) is 2.40. The van der Waals surface area contributed by atoms with Gasteiger partial charge in [0.2, 0.25) is 0 Å². The molecule has 0 saturated carbocycles. The lowest BCUT2D eigenvalue weighted by atomic mass is 9.95. The third kappa shape index (κ3) is 3.17. The maximum Gasteiger partial charge on any atom is 0.376 e. The van der Waals surface area contributed by atoms with E-state index < -0.39 is 17.7 Å². The minimum Gasteiger partial charge on any atom is -0.460 e. The highest BCUT2D eigenvalue weighted by Crippen LogP contribution is 2.17. The predicted octanol–water partition coefficient (Wildman–Crippen LogP) is 1.99. The largest absolute Gasteiger partial charge is 0.460 e. The van der Waals surface area contributed by atoms with Crippen LogP contribution in [0.4, 0.5) is 0 Å². The zero-order valence-corrected chi connectivity index (χ0v) is 10.5. The van der Waals surface area contributed by atoms with Crippen molar-refractivity contribution >= 4 is 11.8 Å². The molecule has 0 heterocycles. The summed E-state index contributed by atoms with van der Waals surface area (Å²) in [4.78, 5) is 23.0. The Morgan fingerprint density at radius 1 is 1.28 bits per heavy atom. The topological polar surface area (TPSA) is 67.2 Å². The van der Waals surface area contributed by atoms with E-state index in [9.17, 15) is 9.59 Å². The summed E-state index contributed by atoms with van der Waals surface area (Å²) in [7, 11) is 0. The van der Waals surface area contributed by atoms with Crippen LogP contribution in [0.5, 0.6) is 0 Å². The number of nitriles is 1. The van der Waals surface area contributed by atoms with Crippen LogP contribution in [0.3, 0.4) is 0 Å². The Kier molecular flexibility index (Phi) is 5.06. The molecule has 0 aliphatic heterocycles. The van der Waals surface area contributed by atoms with Crippen LogP contribution in [0.1, 0.15) is 30.9 Å². The zero-order valence-electron chi connectivity index (χ0n) is 10.5. The summed E-state index contributed by atoms with van der Waals surface area (Å²) in [6, 6.07) is 8.93. The number of Topliss-reactive ketones (excluding diaryl/α,β-unsaturated/α-hetero) is 1. The van der Waals surface area contributed by atoms with Gasteiger partial charge in [0, 0.05) is 0 Å². The fourth-order valence-electron chi connectivity index (χ4n) is 1.55. The van der Waals surface area contributed by atoms with Crippen LogP contribution in [0.25, 0.3) is 0 Å². The van der Waals surface area contributed by atoms with E-state index in [2.05, 4.69) is 4.74 Å². The molecule has 0 aliphatic carbocycles. The van der Waals surface area contributed by atoms with Crippen molar-refractivity contribution in [2.24, 2.45) is 0 Å². The maximum atomic E-state index is 11.7. The number of ether oxygens (including phenoxy) is 1. The first kappa shape index (κ1) is 13.9. The van der Waals surface area contributed by atoms with Gasteiger partial charge in [-0.3, -0.25) is 4.79 Å². The van der Waals surface area contributed by atoms with Gasteiger partial charge in [-0.25, -0.2) is 4.79 Å². The third-order valence-electron chi connectivity index (χ3n) is 2.59. The summed E-state index contributed by atoms with van der Waals surface area (Å²) >= 11 is 0. The number of esters is 1. The van der Waals surface area contributed by atoms with Crippen molar-refractivity contribution in [1.29, 1.82) is 5.26 Å². The number of benzene rings is 1. The summed E-state index contributed by atoms with van der Waals surface area (Å²) in [5.41, 5.74) is 1.63. The van der Waals surface area contributed by atoms with Crippen LogP contribution in [0, 0.1) is 11.3 Å². The molecule has 0 radical (unpaired) electrons. The molecule has 0 spiro atoms. The number of carbonyl (C=O) groups is 2. The van der Waals surface area contributed by atoms with E-state index in [1.54, 1.807) is 19.1 Å². The molecule has 0 bridgehead atoms. The molecule has 1 unspecified atom stereocenters. The normalized spacial score (nSPS) is 11.4. The van der Waals surface area contributed by atoms with E-state index in [1.807, 2.05) is 25.1 Å². The number of hydrogen-bond acceptors (Lipinski definition) is 4. The summed E-state index contributed by atoms with van der Waals surface area (Å²) in [5, 5.41) is 9.01. The summed E-state index contributed by atoms with van der Waals surface area (Å²) < 4.78 is 4.61. The van der Waals surface area contributed by atoms with Gasteiger partial charge in [0.05, 0.1) is 12.7 Å². The molecule has 1 aromatic carbocycles. The van der Waals surface area contributed by atoms with E-state index in [-0.39, 0.29) is 6.61 Å². The molecule has 94 valence electrons. The maximum absolute atomic E-state index is 11.7. The van der Waals surface area contributed by atoms with Gasteiger partial charge in [0.1, 0.15) is 5.92 Å². The Bertz CT molecular complexity index is 471. The second kappa shape index (κ2) is 6.55. The van der Waals surface area contributed by atoms with Gasteiger partial charge in [0.25, 0.3) is 5.78 Å². The standard InChI is InChI=1S/C14H15NO3/c1-3-10-5-7-11(8-6-10)12(9-15)13(16)14(17)18-4-2/h5-8,12H,3-4H2,1-2H3. The number of nitrogens with zero attached hydrogens (tertiary/aromatic N) is 1. The third-order valence-corrected chi connectivity index (χ3v) is 2.59. The highest BCUT2D eigenvalue weighted by Gasteiger charge is 2.27. The molecule has 4 nitrogen and oxygen atoms in total. The summed E-state index contributed by atoms with van der Waals surface area (Å²) in [6.07, 6.45) is 0.878. The molecular weight excluding hydrogens is 230 g/mol. The highest BCUT2D eigenvalue weighted by molar-refractivity contribution is 6.36. The molecule has 1 atom stereocenters. The Morgan fingerprint density at radius 2 is 1.89 bits per heavy atom. The summed E-state index contributed by atoms with van der Waals surface area (Å²) in [5.74, 6) is -2.86. The number of aryl methyl sites for hydroxylation is 1. The van der Waals surface area contributed by atoms with Crippen molar-refractivity contribution in [3.05, 3.63) is 35.4 Å².